The van der Waals surface area contributed by atoms with E-state index >= 15 is 0 Å². The summed E-state index contributed by atoms with van der Waals surface area (Å²) in [5.74, 6) is 2.57. The second-order valence-electron chi connectivity index (χ2n) is 6.67. The summed E-state index contributed by atoms with van der Waals surface area (Å²) in [6, 6.07) is 12.4. The highest BCUT2D eigenvalue weighted by Gasteiger charge is 2.27. The number of pyridine rings is 1. The number of benzene rings is 1. The first-order chi connectivity index (χ1) is 12.2. The van der Waals surface area contributed by atoms with Crippen molar-refractivity contribution in [1.29, 1.82) is 0 Å². The third kappa shape index (κ3) is 3.24. The first-order valence-electron chi connectivity index (χ1n) is 8.96. The zero-order chi connectivity index (χ0) is 17.2. The maximum absolute atomic E-state index is 5.52. The topological polar surface area (TPSA) is 43.2 Å². The predicted molar refractivity (Wildman–Crippen MR) is 98.8 cm³/mol. The molecule has 5 heteroatoms. The molecule has 1 aliphatic rings. The van der Waals surface area contributed by atoms with Gasteiger partial charge in [0.25, 0.3) is 0 Å². The smallest absolute Gasteiger partial charge is 0.159 e. The van der Waals surface area contributed by atoms with Crippen LogP contribution in [0.4, 0.5) is 0 Å². The minimum Gasteiger partial charge on any atom is -0.494 e. The van der Waals surface area contributed by atoms with Crippen molar-refractivity contribution in [2.45, 2.75) is 25.8 Å². The lowest BCUT2D eigenvalue weighted by atomic mass is 10.1. The van der Waals surface area contributed by atoms with Gasteiger partial charge in [-0.15, -0.1) is 0 Å². The minimum atomic E-state index is 0.474. The standard InChI is InChI=1S/C20H24N4O/c1-3-25-17-8-6-15(7-9-17)13-24-12-10-16(14-24)19-22-18-5-4-11-21-20(18)23(19)2/h4-9,11,16H,3,10,12-14H2,1-2H3. The summed E-state index contributed by atoms with van der Waals surface area (Å²) >= 11 is 0. The van der Waals surface area contributed by atoms with Gasteiger partial charge in [0.2, 0.25) is 0 Å². The van der Waals surface area contributed by atoms with Crippen molar-refractivity contribution < 1.29 is 4.74 Å². The van der Waals surface area contributed by atoms with Crippen molar-refractivity contribution in [3.63, 3.8) is 0 Å². The van der Waals surface area contributed by atoms with Gasteiger partial charge < -0.3 is 9.30 Å². The summed E-state index contributed by atoms with van der Waals surface area (Å²) in [6.07, 6.45) is 2.98. The van der Waals surface area contributed by atoms with Crippen molar-refractivity contribution in [3.05, 3.63) is 54.0 Å². The Morgan fingerprint density at radius 2 is 2.04 bits per heavy atom. The van der Waals surface area contributed by atoms with E-state index in [1.54, 1.807) is 0 Å². The van der Waals surface area contributed by atoms with Gasteiger partial charge in [0.1, 0.15) is 17.1 Å². The Morgan fingerprint density at radius 1 is 1.20 bits per heavy atom. The largest absolute Gasteiger partial charge is 0.494 e. The Morgan fingerprint density at radius 3 is 2.80 bits per heavy atom. The molecule has 1 aromatic carbocycles. The molecule has 0 aliphatic carbocycles. The fourth-order valence-corrected chi connectivity index (χ4v) is 3.71. The summed E-state index contributed by atoms with van der Waals surface area (Å²) < 4.78 is 7.67. The van der Waals surface area contributed by atoms with E-state index in [1.807, 2.05) is 25.3 Å². The molecule has 3 aromatic rings. The molecule has 5 nitrogen and oxygen atoms in total. The second-order valence-corrected chi connectivity index (χ2v) is 6.67. The molecule has 0 N–H and O–H groups in total. The van der Waals surface area contributed by atoms with Crippen LogP contribution in [0.5, 0.6) is 5.75 Å². The maximum Gasteiger partial charge on any atom is 0.159 e. The van der Waals surface area contributed by atoms with Gasteiger partial charge in [-0.05, 0) is 49.7 Å². The van der Waals surface area contributed by atoms with E-state index in [0.29, 0.717) is 12.5 Å². The number of hydrogen-bond acceptors (Lipinski definition) is 4. The van der Waals surface area contributed by atoms with Crippen LogP contribution in [0.15, 0.2) is 42.6 Å². The van der Waals surface area contributed by atoms with E-state index in [9.17, 15) is 0 Å². The fourth-order valence-electron chi connectivity index (χ4n) is 3.71. The van der Waals surface area contributed by atoms with Gasteiger partial charge >= 0.3 is 0 Å². The number of aryl methyl sites for hydroxylation is 1. The average molecular weight is 336 g/mol. The van der Waals surface area contributed by atoms with Gasteiger partial charge in [-0.25, -0.2) is 9.97 Å². The molecule has 1 fully saturated rings. The molecule has 0 amide bonds. The van der Waals surface area contributed by atoms with Gasteiger partial charge in [0, 0.05) is 32.3 Å². The lowest BCUT2D eigenvalue weighted by Gasteiger charge is -2.16. The number of nitrogens with zero attached hydrogens (tertiary/aromatic N) is 4. The number of fused-ring (bicyclic) bond motifs is 1. The van der Waals surface area contributed by atoms with Crippen molar-refractivity contribution in [1.82, 2.24) is 19.4 Å². The van der Waals surface area contributed by atoms with Crippen LogP contribution >= 0.6 is 0 Å². The molecule has 1 aliphatic heterocycles. The van der Waals surface area contributed by atoms with Gasteiger partial charge in [0.15, 0.2) is 5.65 Å². The Bertz CT molecular complexity index is 856. The lowest BCUT2D eigenvalue weighted by Crippen LogP contribution is -2.20. The summed E-state index contributed by atoms with van der Waals surface area (Å²) in [5.41, 5.74) is 3.29. The number of rotatable bonds is 5. The van der Waals surface area contributed by atoms with E-state index in [1.165, 1.54) is 5.56 Å². The molecule has 1 saturated heterocycles. The third-order valence-electron chi connectivity index (χ3n) is 4.94. The monoisotopic (exact) mass is 336 g/mol. The Hall–Kier alpha value is -2.40. The molecule has 4 rings (SSSR count). The van der Waals surface area contributed by atoms with Crippen LogP contribution < -0.4 is 4.74 Å². The van der Waals surface area contributed by atoms with E-state index < -0.39 is 0 Å². The van der Waals surface area contributed by atoms with Crippen LogP contribution in [0, 0.1) is 0 Å². The summed E-state index contributed by atoms with van der Waals surface area (Å²) in [6.45, 7) is 5.85. The highest BCUT2D eigenvalue weighted by molar-refractivity contribution is 5.71. The first kappa shape index (κ1) is 16.1. The molecule has 0 saturated carbocycles. The third-order valence-corrected chi connectivity index (χ3v) is 4.94. The van der Waals surface area contributed by atoms with Crippen LogP contribution in [0.2, 0.25) is 0 Å². The number of imidazole rings is 1. The average Bonchev–Trinajstić information content (AvgIpc) is 3.22. The predicted octanol–water partition coefficient (Wildman–Crippen LogP) is 3.36. The van der Waals surface area contributed by atoms with Crippen molar-refractivity contribution in [3.8, 4) is 5.75 Å². The Balaban J connectivity index is 1.44. The Kier molecular flexibility index (Phi) is 4.40. The second kappa shape index (κ2) is 6.84. The van der Waals surface area contributed by atoms with E-state index in [-0.39, 0.29) is 0 Å². The molecule has 25 heavy (non-hydrogen) atoms. The molecule has 0 bridgehead atoms. The summed E-state index contributed by atoms with van der Waals surface area (Å²) in [4.78, 5) is 11.8. The zero-order valence-corrected chi connectivity index (χ0v) is 14.9. The summed E-state index contributed by atoms with van der Waals surface area (Å²) in [7, 11) is 2.08. The van der Waals surface area contributed by atoms with Crippen LogP contribution in [-0.2, 0) is 13.6 Å². The summed E-state index contributed by atoms with van der Waals surface area (Å²) in [5, 5.41) is 0. The van der Waals surface area contributed by atoms with Gasteiger partial charge in [-0.2, -0.15) is 0 Å². The van der Waals surface area contributed by atoms with Crippen molar-refractivity contribution >= 4 is 11.2 Å². The molecular formula is C20H24N4O. The van der Waals surface area contributed by atoms with Crippen molar-refractivity contribution in [2.24, 2.45) is 7.05 Å². The minimum absolute atomic E-state index is 0.474. The molecular weight excluding hydrogens is 312 g/mol. The first-order valence-corrected chi connectivity index (χ1v) is 8.96. The van der Waals surface area contributed by atoms with Crippen LogP contribution in [0.3, 0.4) is 0 Å². The lowest BCUT2D eigenvalue weighted by molar-refractivity contribution is 0.323. The van der Waals surface area contributed by atoms with Crippen LogP contribution in [-0.4, -0.2) is 39.1 Å². The number of aromatic nitrogens is 3. The van der Waals surface area contributed by atoms with E-state index in [4.69, 9.17) is 9.72 Å². The molecule has 130 valence electrons. The number of hydrogen-bond donors (Lipinski definition) is 0. The van der Waals surface area contributed by atoms with Gasteiger partial charge in [-0.3, -0.25) is 4.90 Å². The molecule has 3 heterocycles. The molecule has 1 unspecified atom stereocenters. The zero-order valence-electron chi connectivity index (χ0n) is 14.9. The molecule has 1 atom stereocenters. The van der Waals surface area contributed by atoms with Crippen LogP contribution in [0.25, 0.3) is 11.2 Å². The highest BCUT2D eigenvalue weighted by Crippen LogP contribution is 2.29. The van der Waals surface area contributed by atoms with E-state index in [2.05, 4.69) is 45.8 Å². The number of likely N-dealkylation sites (tertiary alicyclic amines) is 1. The van der Waals surface area contributed by atoms with Gasteiger partial charge in [-0.1, -0.05) is 12.1 Å². The van der Waals surface area contributed by atoms with Crippen molar-refractivity contribution in [2.75, 3.05) is 19.7 Å². The van der Waals surface area contributed by atoms with E-state index in [0.717, 1.165) is 48.8 Å². The normalized spacial score (nSPS) is 18.1. The highest BCUT2D eigenvalue weighted by atomic mass is 16.5. The Labute approximate surface area is 148 Å². The van der Waals surface area contributed by atoms with Crippen LogP contribution in [0.1, 0.15) is 30.7 Å². The quantitative estimate of drug-likeness (QED) is 0.716. The SMILES string of the molecule is CCOc1ccc(CN2CCC(c3nc4cccnc4n3C)C2)cc1. The number of ether oxygens (including phenoxy) is 1. The fraction of sp³-hybridized carbons (Fsp3) is 0.400. The molecule has 0 radical (unpaired) electrons. The van der Waals surface area contributed by atoms with Gasteiger partial charge in [0.05, 0.1) is 6.61 Å². The molecule has 0 spiro atoms. The maximum atomic E-state index is 5.52. The molecule has 2 aromatic heterocycles.